The predicted molar refractivity (Wildman–Crippen MR) is 86.2 cm³/mol. The van der Waals surface area contributed by atoms with Crippen LogP contribution in [0.3, 0.4) is 0 Å². The maximum atomic E-state index is 11.7. The number of rotatable bonds is 8. The van der Waals surface area contributed by atoms with Crippen molar-refractivity contribution in [2.45, 2.75) is 70.1 Å². The highest BCUT2D eigenvalue weighted by Crippen LogP contribution is 2.27. The van der Waals surface area contributed by atoms with E-state index in [2.05, 4.69) is 15.5 Å². The number of amides is 2. The van der Waals surface area contributed by atoms with Crippen LogP contribution in [0.25, 0.3) is 0 Å². The van der Waals surface area contributed by atoms with Gasteiger partial charge in [0.1, 0.15) is 12.5 Å². The van der Waals surface area contributed by atoms with Crippen molar-refractivity contribution < 1.29 is 14.3 Å². The van der Waals surface area contributed by atoms with Crippen LogP contribution in [0, 0.1) is 0 Å². The van der Waals surface area contributed by atoms with E-state index in [9.17, 15) is 4.79 Å². The molecular formula is C15H32N4O3. The number of nitrogens with one attached hydrogen (secondary N) is 2. The summed E-state index contributed by atoms with van der Waals surface area (Å²) in [6.07, 6.45) is 5.76. The van der Waals surface area contributed by atoms with Crippen LogP contribution in [0.2, 0.25) is 0 Å². The fraction of sp³-hybridized carbons (Fsp3) is 0.933. The Bertz CT molecular complexity index is 324. The Morgan fingerprint density at radius 1 is 1.27 bits per heavy atom. The van der Waals surface area contributed by atoms with Gasteiger partial charge in [-0.25, -0.2) is 4.79 Å². The van der Waals surface area contributed by atoms with Gasteiger partial charge in [0.25, 0.3) is 0 Å². The third kappa shape index (κ3) is 5.72. The monoisotopic (exact) mass is 316 g/mol. The summed E-state index contributed by atoms with van der Waals surface area (Å²) in [4.78, 5) is 13.9. The van der Waals surface area contributed by atoms with E-state index in [0.717, 1.165) is 12.8 Å². The van der Waals surface area contributed by atoms with E-state index < -0.39 is 0 Å². The molecule has 3 atom stereocenters. The van der Waals surface area contributed by atoms with Gasteiger partial charge in [0.2, 0.25) is 0 Å². The van der Waals surface area contributed by atoms with E-state index in [1.165, 1.54) is 19.3 Å². The highest BCUT2D eigenvalue weighted by atomic mass is 16.5. The summed E-state index contributed by atoms with van der Waals surface area (Å²) in [7, 11) is 4.88. The number of nitrogens with two attached hydrogens (primary N) is 1. The highest BCUT2D eigenvalue weighted by Gasteiger charge is 2.33. The molecule has 0 radical (unpaired) electrons. The first-order valence-corrected chi connectivity index (χ1v) is 8.10. The van der Waals surface area contributed by atoms with Gasteiger partial charge in [0.05, 0.1) is 6.17 Å². The second kappa shape index (κ2) is 9.99. The van der Waals surface area contributed by atoms with Gasteiger partial charge in [-0.1, -0.05) is 19.3 Å². The van der Waals surface area contributed by atoms with E-state index in [0.29, 0.717) is 12.5 Å². The number of carbonyl (C=O) groups is 1. The van der Waals surface area contributed by atoms with Crippen molar-refractivity contribution >= 4 is 6.03 Å². The molecule has 1 rings (SSSR count). The zero-order chi connectivity index (χ0) is 16.5. The van der Waals surface area contributed by atoms with E-state index in [1.807, 2.05) is 6.92 Å². The number of methoxy groups -OCH3 is 2. The van der Waals surface area contributed by atoms with Gasteiger partial charge in [-0.05, 0) is 19.8 Å². The minimum atomic E-state index is -0.386. The Balaban J connectivity index is 2.84. The van der Waals surface area contributed by atoms with E-state index in [-0.39, 0.29) is 24.7 Å². The van der Waals surface area contributed by atoms with E-state index >= 15 is 0 Å². The normalized spacial score (nSPS) is 20.5. The molecule has 130 valence electrons. The fourth-order valence-electron chi connectivity index (χ4n) is 3.15. The van der Waals surface area contributed by atoms with Crippen molar-refractivity contribution in [1.82, 2.24) is 15.5 Å². The molecule has 0 aromatic heterocycles. The topological polar surface area (TPSA) is 88.9 Å². The molecule has 1 aliphatic rings. The Morgan fingerprint density at radius 2 is 1.91 bits per heavy atom. The van der Waals surface area contributed by atoms with Crippen LogP contribution >= 0.6 is 0 Å². The quantitative estimate of drug-likeness (QED) is 0.585. The fourth-order valence-corrected chi connectivity index (χ4v) is 3.15. The molecule has 7 heteroatoms. The number of hydrogen-bond acceptors (Lipinski definition) is 5. The van der Waals surface area contributed by atoms with Crippen molar-refractivity contribution in [2.75, 3.05) is 21.3 Å². The molecule has 1 fully saturated rings. The zero-order valence-corrected chi connectivity index (χ0v) is 14.3. The third-order valence-electron chi connectivity index (χ3n) is 4.35. The molecule has 0 heterocycles. The van der Waals surface area contributed by atoms with Gasteiger partial charge in [-0.15, -0.1) is 0 Å². The Hall–Kier alpha value is -0.890. The highest BCUT2D eigenvalue weighted by molar-refractivity contribution is 5.73. The van der Waals surface area contributed by atoms with Crippen LogP contribution < -0.4 is 16.4 Å². The van der Waals surface area contributed by atoms with Crippen LogP contribution in [0.4, 0.5) is 4.79 Å². The summed E-state index contributed by atoms with van der Waals surface area (Å²) < 4.78 is 10.8. The second-order valence-electron chi connectivity index (χ2n) is 5.84. The predicted octanol–water partition coefficient (Wildman–Crippen LogP) is 1.19. The largest absolute Gasteiger partial charge is 0.367 e. The Kier molecular flexibility index (Phi) is 8.70. The number of ether oxygens (including phenoxy) is 2. The number of nitrogens with zero attached hydrogens (tertiary/aromatic N) is 1. The van der Waals surface area contributed by atoms with Crippen LogP contribution in [0.15, 0.2) is 0 Å². The minimum Gasteiger partial charge on any atom is -0.367 e. The van der Waals surface area contributed by atoms with Crippen molar-refractivity contribution in [1.29, 1.82) is 0 Å². The Labute approximate surface area is 133 Å². The first-order valence-electron chi connectivity index (χ1n) is 8.10. The van der Waals surface area contributed by atoms with Gasteiger partial charge in [0.15, 0.2) is 0 Å². The number of urea groups is 1. The van der Waals surface area contributed by atoms with Gasteiger partial charge in [-0.3, -0.25) is 4.90 Å². The average molecular weight is 316 g/mol. The van der Waals surface area contributed by atoms with Crippen molar-refractivity contribution in [3.8, 4) is 0 Å². The average Bonchev–Trinajstić information content (AvgIpc) is 2.54. The van der Waals surface area contributed by atoms with Crippen LogP contribution in [0.1, 0.15) is 45.4 Å². The molecule has 0 aromatic carbocycles. The lowest BCUT2D eigenvalue weighted by atomic mass is 9.93. The van der Waals surface area contributed by atoms with Crippen LogP contribution in [-0.4, -0.2) is 56.9 Å². The molecule has 0 aliphatic heterocycles. The van der Waals surface area contributed by atoms with Crippen molar-refractivity contribution in [3.05, 3.63) is 0 Å². The molecule has 22 heavy (non-hydrogen) atoms. The maximum absolute atomic E-state index is 11.7. The molecular weight excluding hydrogens is 284 g/mol. The lowest BCUT2D eigenvalue weighted by Gasteiger charge is -2.43. The summed E-state index contributed by atoms with van der Waals surface area (Å²) in [6, 6.07) is 0.189. The van der Waals surface area contributed by atoms with Crippen LogP contribution in [-0.2, 0) is 9.47 Å². The summed E-state index contributed by atoms with van der Waals surface area (Å²) >= 11 is 0. The zero-order valence-electron chi connectivity index (χ0n) is 14.3. The molecule has 0 bridgehead atoms. The standard InChI is InChI=1S/C15H32N4O3/c1-11(18-15(20)17-2)19(12-8-6-5-7-9-12)14(22-4)10-13(16)21-3/h11-14H,5-10,16H2,1-4H3,(H2,17,18,20). The first-order chi connectivity index (χ1) is 10.5. The molecule has 0 saturated heterocycles. The molecule has 3 unspecified atom stereocenters. The smallest absolute Gasteiger partial charge is 0.315 e. The molecule has 0 aromatic rings. The molecule has 2 amide bonds. The van der Waals surface area contributed by atoms with E-state index in [4.69, 9.17) is 15.2 Å². The van der Waals surface area contributed by atoms with Gasteiger partial charge >= 0.3 is 6.03 Å². The summed E-state index contributed by atoms with van der Waals surface area (Å²) in [5.74, 6) is 0. The molecule has 0 spiro atoms. The summed E-state index contributed by atoms with van der Waals surface area (Å²) in [5.41, 5.74) is 5.92. The first kappa shape index (κ1) is 19.2. The number of carbonyl (C=O) groups excluding carboxylic acids is 1. The lowest BCUT2D eigenvalue weighted by Crippen LogP contribution is -2.58. The lowest BCUT2D eigenvalue weighted by molar-refractivity contribution is -0.109. The summed E-state index contributed by atoms with van der Waals surface area (Å²) in [6.45, 7) is 1.98. The number of hydrogen-bond donors (Lipinski definition) is 3. The van der Waals surface area contributed by atoms with Gasteiger partial charge in [-0.2, -0.15) is 0 Å². The SMILES string of the molecule is CNC(=O)NC(C)N(C1CCCCC1)C(CC(N)OC)OC. The van der Waals surface area contributed by atoms with Gasteiger partial charge < -0.3 is 25.8 Å². The molecule has 7 nitrogen and oxygen atoms in total. The maximum Gasteiger partial charge on any atom is 0.315 e. The third-order valence-corrected chi connectivity index (χ3v) is 4.35. The van der Waals surface area contributed by atoms with Crippen LogP contribution in [0.5, 0.6) is 0 Å². The minimum absolute atomic E-state index is 0.142. The van der Waals surface area contributed by atoms with Crippen molar-refractivity contribution in [2.24, 2.45) is 5.73 Å². The molecule has 1 aliphatic carbocycles. The summed E-state index contributed by atoms with van der Waals surface area (Å²) in [5, 5.41) is 5.54. The molecule has 1 saturated carbocycles. The van der Waals surface area contributed by atoms with Gasteiger partial charge in [0, 0.05) is 33.7 Å². The molecule has 4 N–H and O–H groups in total. The van der Waals surface area contributed by atoms with E-state index in [1.54, 1.807) is 21.3 Å². The van der Waals surface area contributed by atoms with Crippen molar-refractivity contribution in [3.63, 3.8) is 0 Å². The Morgan fingerprint density at radius 3 is 2.41 bits per heavy atom. The second-order valence-corrected chi connectivity index (χ2v) is 5.84.